The van der Waals surface area contributed by atoms with Gasteiger partial charge in [-0.25, -0.2) is 0 Å². The minimum Gasteiger partial charge on any atom is -0.496 e. The van der Waals surface area contributed by atoms with Gasteiger partial charge < -0.3 is 9.15 Å². The summed E-state index contributed by atoms with van der Waals surface area (Å²) in [5, 5.41) is 2.31. The van der Waals surface area contributed by atoms with E-state index in [0.717, 1.165) is 16.7 Å². The van der Waals surface area contributed by atoms with Crippen LogP contribution >= 0.6 is 15.9 Å². The van der Waals surface area contributed by atoms with Crippen molar-refractivity contribution >= 4 is 26.7 Å². The van der Waals surface area contributed by atoms with Crippen molar-refractivity contribution in [3.63, 3.8) is 0 Å². The number of hydrogen-bond acceptors (Lipinski definition) is 2. The molecule has 0 saturated heterocycles. The van der Waals surface area contributed by atoms with E-state index in [1.807, 2.05) is 24.3 Å². The maximum absolute atomic E-state index is 5.42. The zero-order valence-electron chi connectivity index (χ0n) is 10.5. The van der Waals surface area contributed by atoms with Gasteiger partial charge in [0.15, 0.2) is 0 Å². The lowest BCUT2D eigenvalue weighted by Gasteiger charge is -2.14. The van der Waals surface area contributed by atoms with Crippen LogP contribution in [0.15, 0.2) is 59.4 Å². The van der Waals surface area contributed by atoms with Crippen LogP contribution in [0.1, 0.15) is 16.0 Å². The molecule has 0 radical (unpaired) electrons. The number of methoxy groups -OCH3 is 1. The number of ether oxygens (including phenoxy) is 1. The van der Waals surface area contributed by atoms with Crippen LogP contribution in [0.2, 0.25) is 0 Å². The fraction of sp³-hybridized carbons (Fsp3) is 0.125. The molecule has 19 heavy (non-hydrogen) atoms. The number of hydrogen-bond donors (Lipinski definition) is 0. The van der Waals surface area contributed by atoms with E-state index in [4.69, 9.17) is 9.15 Å². The van der Waals surface area contributed by atoms with Gasteiger partial charge in [-0.05, 0) is 23.1 Å². The highest BCUT2D eigenvalue weighted by molar-refractivity contribution is 9.09. The second-order valence-corrected chi connectivity index (χ2v) is 5.24. The largest absolute Gasteiger partial charge is 0.496 e. The Morgan fingerprint density at radius 3 is 2.53 bits per heavy atom. The van der Waals surface area contributed by atoms with Gasteiger partial charge in [-0.1, -0.05) is 46.3 Å². The van der Waals surface area contributed by atoms with Crippen LogP contribution in [0.5, 0.6) is 5.75 Å². The minimum absolute atomic E-state index is 0.113. The number of rotatable bonds is 3. The SMILES string of the molecule is COc1ccc(C(Br)c2ccoc2)c2ccccc12. The van der Waals surface area contributed by atoms with Crippen LogP contribution in [0, 0.1) is 0 Å². The second kappa shape index (κ2) is 5.10. The fourth-order valence-corrected chi connectivity index (χ4v) is 2.95. The molecule has 1 unspecified atom stereocenters. The molecule has 0 aliphatic carbocycles. The first kappa shape index (κ1) is 12.3. The lowest BCUT2D eigenvalue weighted by Crippen LogP contribution is -1.94. The molecule has 96 valence electrons. The van der Waals surface area contributed by atoms with Crippen LogP contribution in [0.25, 0.3) is 10.8 Å². The van der Waals surface area contributed by atoms with Gasteiger partial charge in [0.05, 0.1) is 24.5 Å². The van der Waals surface area contributed by atoms with Crippen LogP contribution in [-0.4, -0.2) is 7.11 Å². The van der Waals surface area contributed by atoms with E-state index < -0.39 is 0 Å². The molecule has 1 heterocycles. The summed E-state index contributed by atoms with van der Waals surface area (Å²) in [5.41, 5.74) is 2.31. The monoisotopic (exact) mass is 316 g/mol. The third-order valence-corrected chi connectivity index (χ3v) is 4.27. The quantitative estimate of drug-likeness (QED) is 0.639. The highest BCUT2D eigenvalue weighted by Crippen LogP contribution is 2.38. The van der Waals surface area contributed by atoms with E-state index in [9.17, 15) is 0 Å². The average molecular weight is 317 g/mol. The third kappa shape index (κ3) is 2.15. The Balaban J connectivity index is 2.20. The number of alkyl halides is 1. The van der Waals surface area contributed by atoms with Gasteiger partial charge in [-0.2, -0.15) is 0 Å². The summed E-state index contributed by atoms with van der Waals surface area (Å²) in [6, 6.07) is 14.3. The molecular weight excluding hydrogens is 304 g/mol. The Morgan fingerprint density at radius 2 is 1.84 bits per heavy atom. The first-order valence-electron chi connectivity index (χ1n) is 6.03. The van der Waals surface area contributed by atoms with Crippen molar-refractivity contribution in [2.75, 3.05) is 7.11 Å². The van der Waals surface area contributed by atoms with Crippen molar-refractivity contribution in [2.24, 2.45) is 0 Å². The lowest BCUT2D eigenvalue weighted by molar-refractivity contribution is 0.419. The van der Waals surface area contributed by atoms with Gasteiger partial charge in [0.1, 0.15) is 5.75 Å². The number of fused-ring (bicyclic) bond motifs is 1. The Kier molecular flexibility index (Phi) is 3.30. The molecule has 3 aromatic rings. The summed E-state index contributed by atoms with van der Waals surface area (Å²) in [7, 11) is 1.70. The topological polar surface area (TPSA) is 22.4 Å². The van der Waals surface area contributed by atoms with Crippen molar-refractivity contribution < 1.29 is 9.15 Å². The Labute approximate surface area is 120 Å². The van der Waals surface area contributed by atoms with Crippen LogP contribution < -0.4 is 4.74 Å². The van der Waals surface area contributed by atoms with Crippen molar-refractivity contribution in [2.45, 2.75) is 4.83 Å². The summed E-state index contributed by atoms with van der Waals surface area (Å²) < 4.78 is 10.6. The fourth-order valence-electron chi connectivity index (χ4n) is 2.29. The number of benzene rings is 2. The zero-order valence-corrected chi connectivity index (χ0v) is 12.1. The molecule has 2 aromatic carbocycles. The smallest absolute Gasteiger partial charge is 0.126 e. The average Bonchev–Trinajstić information content (AvgIpc) is 2.99. The van der Waals surface area contributed by atoms with E-state index in [1.54, 1.807) is 19.6 Å². The Morgan fingerprint density at radius 1 is 1.05 bits per heavy atom. The van der Waals surface area contributed by atoms with E-state index in [2.05, 4.69) is 34.1 Å². The van der Waals surface area contributed by atoms with Crippen molar-refractivity contribution in [1.82, 2.24) is 0 Å². The van der Waals surface area contributed by atoms with Crippen molar-refractivity contribution in [1.29, 1.82) is 0 Å². The summed E-state index contributed by atoms with van der Waals surface area (Å²) >= 11 is 3.74. The molecule has 0 N–H and O–H groups in total. The van der Waals surface area contributed by atoms with Crippen LogP contribution in [-0.2, 0) is 0 Å². The molecule has 1 aromatic heterocycles. The highest BCUT2D eigenvalue weighted by atomic mass is 79.9. The van der Waals surface area contributed by atoms with Crippen molar-refractivity contribution in [3.8, 4) is 5.75 Å². The molecular formula is C16H13BrO2. The van der Waals surface area contributed by atoms with Gasteiger partial charge in [0.2, 0.25) is 0 Å². The van der Waals surface area contributed by atoms with E-state index in [1.165, 1.54) is 10.9 Å². The molecule has 2 nitrogen and oxygen atoms in total. The molecule has 0 saturated carbocycles. The normalized spacial score (nSPS) is 12.5. The molecule has 1 atom stereocenters. The standard InChI is InChI=1S/C16H13BrO2/c1-18-15-7-6-14(12-4-2-3-5-13(12)15)16(17)11-8-9-19-10-11/h2-10,16H,1H3. The van der Waals surface area contributed by atoms with Crippen molar-refractivity contribution in [3.05, 3.63) is 66.1 Å². The maximum atomic E-state index is 5.42. The van der Waals surface area contributed by atoms with Crippen LogP contribution in [0.3, 0.4) is 0 Å². The van der Waals surface area contributed by atoms with Gasteiger partial charge in [0.25, 0.3) is 0 Å². The summed E-state index contributed by atoms with van der Waals surface area (Å²) in [4.78, 5) is 0.113. The molecule has 0 bridgehead atoms. The molecule has 0 spiro atoms. The Hall–Kier alpha value is -1.74. The summed E-state index contributed by atoms with van der Waals surface area (Å²) in [6.45, 7) is 0. The minimum atomic E-state index is 0.113. The number of furan rings is 1. The predicted octanol–water partition coefficient (Wildman–Crippen LogP) is 4.93. The lowest BCUT2D eigenvalue weighted by atomic mass is 9.99. The van der Waals surface area contributed by atoms with E-state index >= 15 is 0 Å². The highest BCUT2D eigenvalue weighted by Gasteiger charge is 2.15. The van der Waals surface area contributed by atoms with E-state index in [-0.39, 0.29) is 4.83 Å². The molecule has 0 fully saturated rings. The summed E-state index contributed by atoms with van der Waals surface area (Å²) in [5.74, 6) is 0.895. The molecule has 3 heteroatoms. The predicted molar refractivity (Wildman–Crippen MR) is 80.0 cm³/mol. The molecule has 0 aliphatic heterocycles. The zero-order chi connectivity index (χ0) is 13.2. The first-order chi connectivity index (χ1) is 9.31. The molecule has 0 aliphatic rings. The third-order valence-electron chi connectivity index (χ3n) is 3.25. The van der Waals surface area contributed by atoms with Gasteiger partial charge in [-0.3, -0.25) is 0 Å². The Bertz CT molecular complexity index is 689. The first-order valence-corrected chi connectivity index (χ1v) is 6.94. The van der Waals surface area contributed by atoms with E-state index in [0.29, 0.717) is 0 Å². The second-order valence-electron chi connectivity index (χ2n) is 4.32. The van der Waals surface area contributed by atoms with Gasteiger partial charge in [0, 0.05) is 10.9 Å². The number of halogens is 1. The summed E-state index contributed by atoms with van der Waals surface area (Å²) in [6.07, 6.45) is 3.45. The van der Waals surface area contributed by atoms with Crippen LogP contribution in [0.4, 0.5) is 0 Å². The molecule has 3 rings (SSSR count). The van der Waals surface area contributed by atoms with Gasteiger partial charge >= 0.3 is 0 Å². The molecule has 0 amide bonds. The van der Waals surface area contributed by atoms with Gasteiger partial charge in [-0.15, -0.1) is 0 Å². The maximum Gasteiger partial charge on any atom is 0.126 e.